The lowest BCUT2D eigenvalue weighted by atomic mass is 10.2. The fraction of sp³-hybridized carbons (Fsp3) is 0.176. The molecule has 0 radical (unpaired) electrons. The first-order valence-electron chi connectivity index (χ1n) is 7.54. The van der Waals surface area contributed by atoms with Gasteiger partial charge >= 0.3 is 0 Å². The van der Waals surface area contributed by atoms with Crippen molar-refractivity contribution in [3.8, 4) is 0 Å². The summed E-state index contributed by atoms with van der Waals surface area (Å²) in [4.78, 5) is 17.1. The number of carbonyl (C=O) groups excluding carboxylic acids is 1. The average Bonchev–Trinajstić information content (AvgIpc) is 3.29. The minimum atomic E-state index is -3.60. The van der Waals surface area contributed by atoms with Crippen molar-refractivity contribution < 1.29 is 13.2 Å². The topological polar surface area (TPSA) is 76.1 Å². The third-order valence-corrected chi connectivity index (χ3v) is 8.01. The lowest BCUT2D eigenvalue weighted by Crippen LogP contribution is -2.32. The number of nitrogens with one attached hydrogen (secondary N) is 1. The number of aromatic nitrogens is 1. The zero-order chi connectivity index (χ0) is 17.7. The van der Waals surface area contributed by atoms with Crippen molar-refractivity contribution in [1.82, 2.24) is 10.3 Å². The number of thiophene rings is 2. The summed E-state index contributed by atoms with van der Waals surface area (Å²) < 4.78 is 26.2. The molecule has 3 aromatic heterocycles. The number of nitrogens with zero attached hydrogens (tertiary/aromatic N) is 1. The molecule has 3 rings (SSSR count). The van der Waals surface area contributed by atoms with E-state index in [1.165, 1.54) is 28.9 Å². The van der Waals surface area contributed by atoms with Gasteiger partial charge in [-0.3, -0.25) is 9.78 Å². The maximum Gasteiger partial charge on any atom is 0.225 e. The number of sulfone groups is 1. The van der Waals surface area contributed by atoms with E-state index in [9.17, 15) is 13.2 Å². The minimum absolute atomic E-state index is 0.0101. The molecule has 1 atom stereocenters. The van der Waals surface area contributed by atoms with Gasteiger partial charge in [-0.1, -0.05) is 18.2 Å². The molecule has 3 aromatic rings. The molecule has 5 nitrogen and oxygen atoms in total. The monoisotopic (exact) mass is 392 g/mol. The van der Waals surface area contributed by atoms with Crippen LogP contribution in [-0.2, 0) is 21.1 Å². The van der Waals surface area contributed by atoms with Crippen molar-refractivity contribution in [3.63, 3.8) is 0 Å². The SMILES string of the molecule is O=C(Cc1cccs1)NCC(c1cccnc1)S(=O)(=O)c1cccs1. The van der Waals surface area contributed by atoms with E-state index in [-0.39, 0.29) is 23.1 Å². The summed E-state index contributed by atoms with van der Waals surface area (Å²) in [6, 6.07) is 10.5. The first-order valence-corrected chi connectivity index (χ1v) is 10.8. The molecule has 8 heteroatoms. The lowest BCUT2D eigenvalue weighted by Gasteiger charge is -2.17. The highest BCUT2D eigenvalue weighted by Gasteiger charge is 2.30. The normalized spacial score (nSPS) is 12.6. The van der Waals surface area contributed by atoms with Crippen molar-refractivity contribution in [1.29, 1.82) is 0 Å². The van der Waals surface area contributed by atoms with E-state index in [2.05, 4.69) is 10.3 Å². The minimum Gasteiger partial charge on any atom is -0.354 e. The van der Waals surface area contributed by atoms with E-state index in [4.69, 9.17) is 0 Å². The van der Waals surface area contributed by atoms with Crippen molar-refractivity contribution in [3.05, 3.63) is 70.0 Å². The van der Waals surface area contributed by atoms with Gasteiger partial charge < -0.3 is 5.32 Å². The van der Waals surface area contributed by atoms with Gasteiger partial charge in [0.05, 0.1) is 6.42 Å². The highest BCUT2D eigenvalue weighted by molar-refractivity contribution is 7.93. The molecule has 0 bridgehead atoms. The Kier molecular flexibility index (Phi) is 5.62. The Morgan fingerprint density at radius 1 is 1.12 bits per heavy atom. The molecular formula is C17H16N2O3S3. The van der Waals surface area contributed by atoms with Gasteiger partial charge in [-0.15, -0.1) is 22.7 Å². The van der Waals surface area contributed by atoms with Crippen LogP contribution in [0.1, 0.15) is 15.7 Å². The lowest BCUT2D eigenvalue weighted by molar-refractivity contribution is -0.120. The van der Waals surface area contributed by atoms with E-state index in [0.29, 0.717) is 5.56 Å². The van der Waals surface area contributed by atoms with Crippen LogP contribution in [0.3, 0.4) is 0 Å². The van der Waals surface area contributed by atoms with Crippen molar-refractivity contribution in [2.75, 3.05) is 6.54 Å². The molecule has 0 saturated heterocycles. The Balaban J connectivity index is 1.79. The third-order valence-electron chi connectivity index (χ3n) is 3.61. The Labute approximate surface area is 154 Å². The third kappa shape index (κ3) is 4.33. The Morgan fingerprint density at radius 3 is 2.56 bits per heavy atom. The van der Waals surface area contributed by atoms with E-state index >= 15 is 0 Å². The van der Waals surface area contributed by atoms with Crippen LogP contribution in [0.2, 0.25) is 0 Å². The van der Waals surface area contributed by atoms with Crippen LogP contribution < -0.4 is 5.32 Å². The molecule has 1 amide bonds. The highest BCUT2D eigenvalue weighted by Crippen LogP contribution is 2.30. The standard InChI is InChI=1S/C17H16N2O3S3/c20-16(10-14-5-2-8-23-14)19-12-15(13-4-1-7-18-11-13)25(21,22)17-6-3-9-24-17/h1-9,11,15H,10,12H2,(H,19,20). The Bertz CT molecular complexity index is 905. The first kappa shape index (κ1) is 17.8. The summed E-state index contributed by atoms with van der Waals surface area (Å²) in [6.45, 7) is 0.0101. The van der Waals surface area contributed by atoms with Crippen LogP contribution in [-0.4, -0.2) is 25.9 Å². The summed E-state index contributed by atoms with van der Waals surface area (Å²) >= 11 is 2.67. The van der Waals surface area contributed by atoms with Crippen molar-refractivity contribution >= 4 is 38.4 Å². The highest BCUT2D eigenvalue weighted by atomic mass is 32.2. The molecule has 0 aromatic carbocycles. The van der Waals surface area contributed by atoms with E-state index < -0.39 is 15.1 Å². The van der Waals surface area contributed by atoms with Crippen molar-refractivity contribution in [2.24, 2.45) is 0 Å². The maximum absolute atomic E-state index is 13.0. The molecule has 0 saturated carbocycles. The second-order valence-corrected chi connectivity index (χ2v) is 9.65. The van der Waals surface area contributed by atoms with Gasteiger partial charge in [0.1, 0.15) is 9.46 Å². The van der Waals surface area contributed by atoms with Gasteiger partial charge in [-0.2, -0.15) is 0 Å². The van der Waals surface area contributed by atoms with Crippen LogP contribution in [0.4, 0.5) is 0 Å². The molecule has 3 heterocycles. The summed E-state index contributed by atoms with van der Waals surface area (Å²) in [7, 11) is -3.60. The van der Waals surface area contributed by atoms with Crippen LogP contribution in [0.5, 0.6) is 0 Å². The van der Waals surface area contributed by atoms with Gasteiger partial charge in [-0.05, 0) is 34.5 Å². The fourth-order valence-corrected chi connectivity index (χ4v) is 5.93. The zero-order valence-corrected chi connectivity index (χ0v) is 15.6. The fourth-order valence-electron chi connectivity index (χ4n) is 2.38. The van der Waals surface area contributed by atoms with Gasteiger partial charge in [0.15, 0.2) is 9.84 Å². The van der Waals surface area contributed by atoms with Gasteiger partial charge in [0, 0.05) is 23.8 Å². The summed E-state index contributed by atoms with van der Waals surface area (Å²) in [5.41, 5.74) is 0.562. The Morgan fingerprint density at radius 2 is 1.92 bits per heavy atom. The van der Waals surface area contributed by atoms with Gasteiger partial charge in [0.25, 0.3) is 0 Å². The average molecular weight is 393 g/mol. The summed E-state index contributed by atoms with van der Waals surface area (Å²) in [6.07, 6.45) is 3.37. The molecule has 25 heavy (non-hydrogen) atoms. The maximum atomic E-state index is 13.0. The second-order valence-electron chi connectivity index (χ2n) is 5.31. The number of hydrogen-bond acceptors (Lipinski definition) is 6. The van der Waals surface area contributed by atoms with Crippen LogP contribution in [0.15, 0.2) is 63.8 Å². The number of carbonyl (C=O) groups is 1. The number of amides is 1. The second kappa shape index (κ2) is 7.90. The Hall–Kier alpha value is -2.03. The quantitative estimate of drug-likeness (QED) is 0.670. The predicted octanol–water partition coefficient (Wildman–Crippen LogP) is 3.08. The zero-order valence-electron chi connectivity index (χ0n) is 13.2. The molecule has 0 aliphatic carbocycles. The van der Waals surface area contributed by atoms with E-state index in [1.54, 1.807) is 35.8 Å². The van der Waals surface area contributed by atoms with Crippen LogP contribution in [0, 0.1) is 0 Å². The number of hydrogen-bond donors (Lipinski definition) is 1. The molecule has 130 valence electrons. The summed E-state index contributed by atoms with van der Waals surface area (Å²) in [5, 5.41) is 5.51. The van der Waals surface area contributed by atoms with E-state index in [0.717, 1.165) is 4.88 Å². The molecular weight excluding hydrogens is 376 g/mol. The summed E-state index contributed by atoms with van der Waals surface area (Å²) in [5.74, 6) is -0.197. The smallest absolute Gasteiger partial charge is 0.225 e. The van der Waals surface area contributed by atoms with Crippen molar-refractivity contribution in [2.45, 2.75) is 15.9 Å². The molecule has 0 aliphatic rings. The molecule has 1 unspecified atom stereocenters. The molecule has 1 N–H and O–H groups in total. The largest absolute Gasteiger partial charge is 0.354 e. The molecule has 0 spiro atoms. The molecule has 0 aliphatic heterocycles. The molecule has 0 fully saturated rings. The predicted molar refractivity (Wildman–Crippen MR) is 99.5 cm³/mol. The van der Waals surface area contributed by atoms with E-state index in [1.807, 2.05) is 17.5 Å². The van der Waals surface area contributed by atoms with Gasteiger partial charge in [0.2, 0.25) is 5.91 Å². The van der Waals surface area contributed by atoms with Gasteiger partial charge in [-0.25, -0.2) is 8.42 Å². The van der Waals surface area contributed by atoms with Crippen LogP contribution in [0.25, 0.3) is 0 Å². The van der Waals surface area contributed by atoms with Crippen LogP contribution >= 0.6 is 22.7 Å². The number of rotatable bonds is 7. The first-order chi connectivity index (χ1) is 12.1. The number of pyridine rings is 1.